The predicted octanol–water partition coefficient (Wildman–Crippen LogP) is 2.05. The zero-order valence-corrected chi connectivity index (χ0v) is 16.7. The molecule has 0 aliphatic rings. The molecule has 0 spiro atoms. The number of nitrogens with zero attached hydrogens (tertiary/aromatic N) is 1. The first-order valence-corrected chi connectivity index (χ1v) is 9.85. The van der Waals surface area contributed by atoms with Gasteiger partial charge in [-0.15, -0.1) is 0 Å². The second kappa shape index (κ2) is 25.2. The molecule has 9 nitrogen and oxygen atoms in total. The maximum absolute atomic E-state index is 10.2. The van der Waals surface area contributed by atoms with Crippen molar-refractivity contribution in [3.63, 3.8) is 0 Å². The minimum atomic E-state index is -0.659. The van der Waals surface area contributed by atoms with E-state index in [0.29, 0.717) is 11.8 Å². The Morgan fingerprint density at radius 2 is 1.07 bits per heavy atom. The molecular weight excluding hydrogens is 358 g/mol. The molecule has 9 heteroatoms. The van der Waals surface area contributed by atoms with Gasteiger partial charge in [0.2, 0.25) is 0 Å². The summed E-state index contributed by atoms with van der Waals surface area (Å²) in [6, 6.07) is 0. The lowest BCUT2D eigenvalue weighted by molar-refractivity contribution is -0.527. The summed E-state index contributed by atoms with van der Waals surface area (Å²) < 4.78 is 0. The molecule has 0 aromatic carbocycles. The van der Waals surface area contributed by atoms with Gasteiger partial charge in [0, 0.05) is 6.42 Å². The van der Waals surface area contributed by atoms with Crippen molar-refractivity contribution in [3.8, 4) is 0 Å². The van der Waals surface area contributed by atoms with Crippen molar-refractivity contribution in [1.29, 1.82) is 0 Å². The maximum Gasteiger partial charge on any atom is 0.303 e. The SMILES string of the molecule is CCCCCCCCCCCC(=O)O.OCCON(OCCO)OCCO. The highest BCUT2D eigenvalue weighted by molar-refractivity contribution is 5.66. The third-order valence-electron chi connectivity index (χ3n) is 3.36. The van der Waals surface area contributed by atoms with Crippen molar-refractivity contribution >= 4 is 5.97 Å². The van der Waals surface area contributed by atoms with Crippen molar-refractivity contribution in [2.45, 2.75) is 71.1 Å². The molecule has 4 N–H and O–H groups in total. The standard InChI is InChI=1S/C12H24O2.C6H15NO6/c1-2-3-4-5-6-7-8-9-10-11-12(13)14;8-1-4-11-7(12-5-2-9)13-6-3-10/h2-11H2,1H3,(H,13,14);8-10H,1-6H2. The van der Waals surface area contributed by atoms with Gasteiger partial charge in [-0.05, 0) is 6.42 Å². The first-order valence-electron chi connectivity index (χ1n) is 9.85. The minimum Gasteiger partial charge on any atom is -0.481 e. The lowest BCUT2D eigenvalue weighted by Crippen LogP contribution is -2.28. The van der Waals surface area contributed by atoms with Crippen molar-refractivity contribution in [2.75, 3.05) is 39.6 Å². The normalized spacial score (nSPS) is 10.7. The van der Waals surface area contributed by atoms with E-state index in [1.54, 1.807) is 0 Å². The van der Waals surface area contributed by atoms with Gasteiger partial charge in [-0.2, -0.15) is 0 Å². The van der Waals surface area contributed by atoms with Crippen LogP contribution >= 0.6 is 0 Å². The Hall–Kier alpha value is -0.810. The van der Waals surface area contributed by atoms with E-state index in [1.807, 2.05) is 0 Å². The maximum atomic E-state index is 10.2. The quantitative estimate of drug-likeness (QED) is 0.191. The van der Waals surface area contributed by atoms with Crippen LogP contribution in [0.2, 0.25) is 0 Å². The average Bonchev–Trinajstić information content (AvgIpc) is 2.66. The summed E-state index contributed by atoms with van der Waals surface area (Å²) in [7, 11) is 0. The molecule has 0 aliphatic heterocycles. The van der Waals surface area contributed by atoms with E-state index >= 15 is 0 Å². The molecule has 0 radical (unpaired) electrons. The zero-order valence-electron chi connectivity index (χ0n) is 16.7. The molecular formula is C18H39NO8. The highest BCUT2D eigenvalue weighted by Gasteiger charge is 2.05. The Bertz CT molecular complexity index is 276. The second-order valence-corrected chi connectivity index (χ2v) is 5.87. The van der Waals surface area contributed by atoms with Crippen LogP contribution in [0.5, 0.6) is 0 Å². The number of carbonyl (C=O) groups is 1. The number of carboxylic acids is 1. The Balaban J connectivity index is 0. The molecule has 0 aromatic heterocycles. The van der Waals surface area contributed by atoms with Gasteiger partial charge >= 0.3 is 5.97 Å². The smallest absolute Gasteiger partial charge is 0.303 e. The first kappa shape index (κ1) is 28.4. The van der Waals surface area contributed by atoms with Crippen LogP contribution in [0.1, 0.15) is 71.1 Å². The summed E-state index contributed by atoms with van der Waals surface area (Å²) in [6.07, 6.45) is 11.5. The molecule has 0 saturated carbocycles. The summed E-state index contributed by atoms with van der Waals surface area (Å²) in [5.74, 6) is -0.659. The van der Waals surface area contributed by atoms with Gasteiger partial charge in [-0.1, -0.05) is 58.3 Å². The van der Waals surface area contributed by atoms with Gasteiger partial charge in [0.15, 0.2) is 0 Å². The van der Waals surface area contributed by atoms with E-state index < -0.39 is 5.97 Å². The van der Waals surface area contributed by atoms with E-state index in [1.165, 1.54) is 44.9 Å². The topological polar surface area (TPSA) is 129 Å². The van der Waals surface area contributed by atoms with Crippen LogP contribution in [0, 0.1) is 0 Å². The van der Waals surface area contributed by atoms with Gasteiger partial charge in [0.1, 0.15) is 0 Å². The molecule has 0 rings (SSSR count). The number of rotatable bonds is 19. The Morgan fingerprint density at radius 3 is 1.41 bits per heavy atom. The molecule has 0 aromatic rings. The van der Waals surface area contributed by atoms with Crippen molar-refractivity contribution in [1.82, 2.24) is 5.39 Å². The van der Waals surface area contributed by atoms with Gasteiger partial charge < -0.3 is 20.4 Å². The number of aliphatic hydroxyl groups excluding tert-OH is 3. The van der Waals surface area contributed by atoms with Crippen molar-refractivity contribution < 1.29 is 39.7 Å². The van der Waals surface area contributed by atoms with Crippen LogP contribution in [0.15, 0.2) is 0 Å². The van der Waals surface area contributed by atoms with E-state index in [-0.39, 0.29) is 39.6 Å². The van der Waals surface area contributed by atoms with Crippen LogP contribution in [0.4, 0.5) is 0 Å². The van der Waals surface area contributed by atoms with Crippen LogP contribution in [0.25, 0.3) is 0 Å². The number of hydrogen-bond acceptors (Lipinski definition) is 8. The van der Waals surface area contributed by atoms with E-state index in [2.05, 4.69) is 6.92 Å². The number of aliphatic hydroxyl groups is 3. The van der Waals surface area contributed by atoms with Gasteiger partial charge in [0.25, 0.3) is 0 Å². The Morgan fingerprint density at radius 1 is 0.704 bits per heavy atom. The van der Waals surface area contributed by atoms with E-state index in [9.17, 15) is 4.79 Å². The molecule has 164 valence electrons. The molecule has 0 bridgehead atoms. The Kier molecular flexibility index (Phi) is 26.5. The highest BCUT2D eigenvalue weighted by atomic mass is 17.2. The molecule has 27 heavy (non-hydrogen) atoms. The summed E-state index contributed by atoms with van der Waals surface area (Å²) in [5.41, 5.74) is 0. The molecule has 0 aliphatic carbocycles. The predicted molar refractivity (Wildman–Crippen MR) is 100 cm³/mol. The van der Waals surface area contributed by atoms with E-state index in [4.69, 9.17) is 34.9 Å². The van der Waals surface area contributed by atoms with Gasteiger partial charge in [-0.25, -0.2) is 14.5 Å². The summed E-state index contributed by atoms with van der Waals surface area (Å²) in [4.78, 5) is 24.3. The third kappa shape index (κ3) is 27.5. The molecule has 0 fully saturated rings. The van der Waals surface area contributed by atoms with Crippen LogP contribution in [-0.2, 0) is 19.3 Å². The molecule has 0 unspecified atom stereocenters. The molecule has 0 amide bonds. The first-order chi connectivity index (χ1) is 13.1. The van der Waals surface area contributed by atoms with Crippen LogP contribution in [0.3, 0.4) is 0 Å². The molecule has 0 heterocycles. The minimum absolute atomic E-state index is 0.0108. The number of unbranched alkanes of at least 4 members (excludes halogenated alkanes) is 8. The van der Waals surface area contributed by atoms with Gasteiger partial charge in [-0.3, -0.25) is 4.79 Å². The molecule has 0 saturated heterocycles. The monoisotopic (exact) mass is 397 g/mol. The van der Waals surface area contributed by atoms with Crippen molar-refractivity contribution in [2.24, 2.45) is 0 Å². The lowest BCUT2D eigenvalue weighted by atomic mass is 10.1. The Labute approximate surface area is 162 Å². The van der Waals surface area contributed by atoms with Crippen LogP contribution in [-0.4, -0.2) is 71.4 Å². The summed E-state index contributed by atoms with van der Waals surface area (Å²) in [6.45, 7) is 1.72. The largest absolute Gasteiger partial charge is 0.481 e. The average molecular weight is 398 g/mol. The fourth-order valence-electron chi connectivity index (χ4n) is 2.04. The fraction of sp³-hybridized carbons (Fsp3) is 0.944. The van der Waals surface area contributed by atoms with Gasteiger partial charge in [0.05, 0.1) is 45.0 Å². The zero-order chi connectivity index (χ0) is 20.6. The number of aliphatic carboxylic acids is 1. The fourth-order valence-corrected chi connectivity index (χ4v) is 2.04. The summed E-state index contributed by atoms with van der Waals surface area (Å²) >= 11 is 0. The van der Waals surface area contributed by atoms with Crippen LogP contribution < -0.4 is 0 Å². The summed E-state index contributed by atoms with van der Waals surface area (Å²) in [5, 5.41) is 34.3. The lowest BCUT2D eigenvalue weighted by Gasteiger charge is -2.17. The third-order valence-corrected chi connectivity index (χ3v) is 3.36. The highest BCUT2D eigenvalue weighted by Crippen LogP contribution is 2.10. The second-order valence-electron chi connectivity index (χ2n) is 5.87. The van der Waals surface area contributed by atoms with E-state index in [0.717, 1.165) is 12.8 Å². The number of carboxylic acid groups (broad SMARTS) is 1. The number of hydrogen-bond donors (Lipinski definition) is 4. The van der Waals surface area contributed by atoms with Crippen molar-refractivity contribution in [3.05, 3.63) is 0 Å². The molecule has 0 atom stereocenters.